The van der Waals surface area contributed by atoms with Gasteiger partial charge in [-0.15, -0.1) is 0 Å². The minimum absolute atomic E-state index is 0.204. The van der Waals surface area contributed by atoms with Gasteiger partial charge in [-0.3, -0.25) is 4.84 Å². The number of nitrogens with one attached hydrogen (secondary N) is 1. The third-order valence-electron chi connectivity index (χ3n) is 2.23. The Kier molecular flexibility index (Phi) is 5.79. The van der Waals surface area contributed by atoms with Crippen LogP contribution < -0.4 is 5.48 Å². The van der Waals surface area contributed by atoms with Crippen LogP contribution in [0.4, 0.5) is 4.79 Å². The summed E-state index contributed by atoms with van der Waals surface area (Å²) < 4.78 is 4.99. The maximum absolute atomic E-state index is 11.3. The van der Waals surface area contributed by atoms with Crippen LogP contribution in [-0.4, -0.2) is 23.4 Å². The molecule has 1 unspecified atom stereocenters. The van der Waals surface area contributed by atoms with Crippen molar-refractivity contribution in [1.82, 2.24) is 5.48 Å². The van der Waals surface area contributed by atoms with Crippen LogP contribution in [0.5, 0.6) is 0 Å². The minimum Gasteiger partial charge on any atom is -0.442 e. The van der Waals surface area contributed by atoms with Crippen molar-refractivity contribution in [1.29, 1.82) is 0 Å². The maximum atomic E-state index is 11.3. The van der Waals surface area contributed by atoms with Crippen molar-refractivity contribution in [3.63, 3.8) is 0 Å². The van der Waals surface area contributed by atoms with E-state index in [1.165, 1.54) is 0 Å². The van der Waals surface area contributed by atoms with Gasteiger partial charge in [0.1, 0.15) is 5.60 Å². The topological polar surface area (TPSA) is 67.8 Å². The molecule has 5 nitrogen and oxygen atoms in total. The predicted octanol–water partition coefficient (Wildman–Crippen LogP) is 2.57. The van der Waals surface area contributed by atoms with Gasteiger partial charge in [0.2, 0.25) is 0 Å². The summed E-state index contributed by atoms with van der Waals surface area (Å²) >= 11 is 0. The molecule has 2 N–H and O–H groups in total. The molecule has 0 saturated heterocycles. The van der Waals surface area contributed by atoms with Gasteiger partial charge >= 0.3 is 6.09 Å². The van der Waals surface area contributed by atoms with Crippen molar-refractivity contribution in [3.05, 3.63) is 35.9 Å². The molecule has 1 rings (SSSR count). The lowest BCUT2D eigenvalue weighted by molar-refractivity contribution is -0.0161. The van der Waals surface area contributed by atoms with Gasteiger partial charge in [0.25, 0.3) is 0 Å². The first-order valence-electron chi connectivity index (χ1n) is 6.22. The Morgan fingerprint density at radius 1 is 1.32 bits per heavy atom. The highest BCUT2D eigenvalue weighted by Crippen LogP contribution is 2.15. The lowest BCUT2D eigenvalue weighted by Gasteiger charge is -2.19. The Bertz CT molecular complexity index is 386. The van der Waals surface area contributed by atoms with Crippen LogP contribution >= 0.6 is 0 Å². The summed E-state index contributed by atoms with van der Waals surface area (Å²) in [5.74, 6) is 0. The van der Waals surface area contributed by atoms with Crippen LogP contribution in [-0.2, 0) is 9.57 Å². The van der Waals surface area contributed by atoms with Crippen LogP contribution in [0.2, 0.25) is 0 Å². The van der Waals surface area contributed by atoms with E-state index in [9.17, 15) is 9.90 Å². The highest BCUT2D eigenvalue weighted by Gasteiger charge is 2.16. The van der Waals surface area contributed by atoms with Gasteiger partial charge in [0.15, 0.2) is 0 Å². The number of aliphatic hydroxyl groups excluding tert-OH is 1. The molecule has 0 aliphatic heterocycles. The lowest BCUT2D eigenvalue weighted by atomic mass is 10.1. The van der Waals surface area contributed by atoms with Crippen LogP contribution in [0.1, 0.15) is 38.9 Å². The van der Waals surface area contributed by atoms with Gasteiger partial charge in [-0.25, -0.2) is 4.79 Å². The summed E-state index contributed by atoms with van der Waals surface area (Å²) in [6.07, 6.45) is -0.858. The fraction of sp³-hybridized carbons (Fsp3) is 0.500. The Balaban J connectivity index is 2.19. The Hall–Kier alpha value is -1.59. The molecule has 0 heterocycles. The van der Waals surface area contributed by atoms with Gasteiger partial charge < -0.3 is 9.84 Å². The highest BCUT2D eigenvalue weighted by atomic mass is 16.7. The largest absolute Gasteiger partial charge is 0.442 e. The van der Waals surface area contributed by atoms with E-state index in [0.29, 0.717) is 6.42 Å². The summed E-state index contributed by atoms with van der Waals surface area (Å²) in [7, 11) is 0. The molecule has 0 aromatic heterocycles. The van der Waals surface area contributed by atoms with E-state index >= 15 is 0 Å². The fourth-order valence-electron chi connectivity index (χ4n) is 1.42. The molecule has 106 valence electrons. The van der Waals surface area contributed by atoms with E-state index in [1.807, 2.05) is 30.3 Å². The average molecular weight is 267 g/mol. The number of rotatable bonds is 5. The van der Waals surface area contributed by atoms with Crippen molar-refractivity contribution in [3.8, 4) is 0 Å². The summed E-state index contributed by atoms with van der Waals surface area (Å²) in [5.41, 5.74) is 2.44. The van der Waals surface area contributed by atoms with Gasteiger partial charge in [-0.2, -0.15) is 5.48 Å². The van der Waals surface area contributed by atoms with Gasteiger partial charge in [-0.05, 0) is 26.3 Å². The zero-order valence-corrected chi connectivity index (χ0v) is 11.6. The van der Waals surface area contributed by atoms with E-state index < -0.39 is 17.8 Å². The molecule has 0 fully saturated rings. The second-order valence-electron chi connectivity index (χ2n) is 5.17. The molecule has 5 heteroatoms. The van der Waals surface area contributed by atoms with Crippen molar-refractivity contribution in [2.75, 3.05) is 6.61 Å². The van der Waals surface area contributed by atoms with Gasteiger partial charge in [-0.1, -0.05) is 30.3 Å². The van der Waals surface area contributed by atoms with E-state index in [0.717, 1.165) is 5.56 Å². The molecule has 0 aliphatic carbocycles. The van der Waals surface area contributed by atoms with Crippen LogP contribution in [0.25, 0.3) is 0 Å². The SMILES string of the molecule is CC(C)(C)OC(=O)NOCCC(O)c1ccccc1. The Labute approximate surface area is 113 Å². The zero-order valence-electron chi connectivity index (χ0n) is 11.6. The molecule has 0 saturated carbocycles. The fourth-order valence-corrected chi connectivity index (χ4v) is 1.42. The quantitative estimate of drug-likeness (QED) is 0.635. The lowest BCUT2D eigenvalue weighted by Crippen LogP contribution is -2.32. The second kappa shape index (κ2) is 7.11. The molecule has 0 radical (unpaired) electrons. The number of carbonyl (C=O) groups excluding carboxylic acids is 1. The predicted molar refractivity (Wildman–Crippen MR) is 71.3 cm³/mol. The van der Waals surface area contributed by atoms with E-state index in [2.05, 4.69) is 5.48 Å². The molecule has 1 amide bonds. The normalized spacial score (nSPS) is 12.8. The van der Waals surface area contributed by atoms with Crippen LogP contribution in [0.15, 0.2) is 30.3 Å². The van der Waals surface area contributed by atoms with E-state index in [1.54, 1.807) is 20.8 Å². The number of benzene rings is 1. The van der Waals surface area contributed by atoms with E-state index in [4.69, 9.17) is 9.57 Å². The third-order valence-corrected chi connectivity index (χ3v) is 2.23. The number of carbonyl (C=O) groups is 1. The number of hydroxylamine groups is 1. The second-order valence-corrected chi connectivity index (χ2v) is 5.17. The Morgan fingerprint density at radius 2 is 1.95 bits per heavy atom. The number of hydrogen-bond acceptors (Lipinski definition) is 4. The van der Waals surface area contributed by atoms with Crippen LogP contribution in [0, 0.1) is 0 Å². The first-order valence-corrected chi connectivity index (χ1v) is 6.22. The number of amides is 1. The average Bonchev–Trinajstić information content (AvgIpc) is 2.33. The first kappa shape index (κ1) is 15.5. The van der Waals surface area contributed by atoms with Crippen molar-refractivity contribution >= 4 is 6.09 Å². The molecule has 0 bridgehead atoms. The summed E-state index contributed by atoms with van der Waals surface area (Å²) in [6.45, 7) is 5.51. The van der Waals surface area contributed by atoms with Crippen molar-refractivity contribution < 1.29 is 19.5 Å². The first-order chi connectivity index (χ1) is 8.88. The molecule has 19 heavy (non-hydrogen) atoms. The number of aliphatic hydroxyl groups is 1. The van der Waals surface area contributed by atoms with Crippen LogP contribution in [0.3, 0.4) is 0 Å². The van der Waals surface area contributed by atoms with Crippen molar-refractivity contribution in [2.24, 2.45) is 0 Å². The monoisotopic (exact) mass is 267 g/mol. The standard InChI is InChI=1S/C14H21NO4/c1-14(2,3)19-13(17)15-18-10-9-12(16)11-7-5-4-6-8-11/h4-8,12,16H,9-10H2,1-3H3,(H,15,17). The molecular formula is C14H21NO4. The number of hydrogen-bond donors (Lipinski definition) is 2. The maximum Gasteiger partial charge on any atom is 0.431 e. The van der Waals surface area contributed by atoms with Gasteiger partial charge in [0, 0.05) is 6.42 Å². The molecule has 0 aliphatic rings. The molecule has 1 atom stereocenters. The third kappa shape index (κ3) is 6.79. The van der Waals surface area contributed by atoms with Crippen molar-refractivity contribution in [2.45, 2.75) is 38.9 Å². The van der Waals surface area contributed by atoms with Gasteiger partial charge in [0.05, 0.1) is 12.7 Å². The van der Waals surface area contributed by atoms with E-state index in [-0.39, 0.29) is 6.61 Å². The summed E-state index contributed by atoms with van der Waals surface area (Å²) in [4.78, 5) is 16.2. The Morgan fingerprint density at radius 3 is 2.53 bits per heavy atom. The highest BCUT2D eigenvalue weighted by molar-refractivity contribution is 5.66. The molecule has 0 spiro atoms. The number of ether oxygens (including phenoxy) is 1. The molecule has 1 aromatic carbocycles. The molecular weight excluding hydrogens is 246 g/mol. The minimum atomic E-state index is -0.637. The molecule has 1 aromatic rings. The summed E-state index contributed by atoms with van der Waals surface area (Å²) in [5, 5.41) is 9.85. The summed E-state index contributed by atoms with van der Waals surface area (Å²) in [6, 6.07) is 9.28. The smallest absolute Gasteiger partial charge is 0.431 e. The zero-order chi connectivity index (χ0) is 14.3.